The zero-order valence-electron chi connectivity index (χ0n) is 8.51. The minimum absolute atomic E-state index is 0.108. The number of nitrogens with one attached hydrogen (secondary N) is 1. The van der Waals surface area contributed by atoms with Crippen molar-refractivity contribution in [3.05, 3.63) is 12.7 Å². The Bertz CT molecular complexity index is 159. The van der Waals surface area contributed by atoms with Gasteiger partial charge in [0.25, 0.3) is 0 Å². The molecule has 0 aromatic carbocycles. The van der Waals surface area contributed by atoms with Crippen molar-refractivity contribution in [2.45, 2.75) is 20.3 Å². The van der Waals surface area contributed by atoms with Gasteiger partial charge in [-0.15, -0.1) is 6.58 Å². The number of amides is 1. The molecule has 76 valence electrons. The lowest BCUT2D eigenvalue weighted by atomic mass is 10.2. The predicted molar refractivity (Wildman–Crippen MR) is 60.0 cm³/mol. The van der Waals surface area contributed by atoms with Crippen LogP contribution in [0.2, 0.25) is 0 Å². The Hall–Kier alpha value is -0.440. The SMILES string of the molecule is C=CCNC(=O)[C@@H](C)CSCCC. The molecule has 0 radical (unpaired) electrons. The molecule has 0 aliphatic carbocycles. The summed E-state index contributed by atoms with van der Waals surface area (Å²) in [6.07, 6.45) is 2.87. The van der Waals surface area contributed by atoms with E-state index in [1.165, 1.54) is 6.42 Å². The Kier molecular flexibility index (Phi) is 7.90. The highest BCUT2D eigenvalue weighted by molar-refractivity contribution is 7.99. The summed E-state index contributed by atoms with van der Waals surface area (Å²) < 4.78 is 0. The van der Waals surface area contributed by atoms with Gasteiger partial charge in [0, 0.05) is 18.2 Å². The first-order valence-corrected chi connectivity index (χ1v) is 5.84. The number of carbonyl (C=O) groups excluding carboxylic acids is 1. The molecule has 0 heterocycles. The molecule has 3 heteroatoms. The van der Waals surface area contributed by atoms with Crippen LogP contribution < -0.4 is 5.32 Å². The fourth-order valence-electron chi connectivity index (χ4n) is 0.827. The first-order valence-electron chi connectivity index (χ1n) is 4.68. The molecule has 0 spiro atoms. The Morgan fingerprint density at radius 2 is 2.38 bits per heavy atom. The molecule has 1 N–H and O–H groups in total. The molecular formula is C10H19NOS. The van der Waals surface area contributed by atoms with Gasteiger partial charge in [-0.2, -0.15) is 11.8 Å². The van der Waals surface area contributed by atoms with Crippen molar-refractivity contribution in [2.24, 2.45) is 5.92 Å². The highest BCUT2D eigenvalue weighted by Crippen LogP contribution is 2.09. The van der Waals surface area contributed by atoms with E-state index in [4.69, 9.17) is 0 Å². The average molecular weight is 201 g/mol. The van der Waals surface area contributed by atoms with Gasteiger partial charge >= 0.3 is 0 Å². The van der Waals surface area contributed by atoms with Crippen LogP contribution in [-0.4, -0.2) is 24.0 Å². The standard InChI is InChI=1S/C10H19NOS/c1-4-6-11-10(12)9(3)8-13-7-5-2/h4,9H,1,5-8H2,2-3H3,(H,11,12)/t9-/m0/s1. The van der Waals surface area contributed by atoms with Crippen LogP contribution in [0.25, 0.3) is 0 Å². The fourth-order valence-corrected chi connectivity index (χ4v) is 1.79. The molecule has 0 aliphatic heterocycles. The van der Waals surface area contributed by atoms with Gasteiger partial charge in [0.2, 0.25) is 5.91 Å². The highest BCUT2D eigenvalue weighted by atomic mass is 32.2. The molecule has 0 unspecified atom stereocenters. The topological polar surface area (TPSA) is 29.1 Å². The zero-order chi connectivity index (χ0) is 10.1. The maximum absolute atomic E-state index is 11.3. The molecule has 1 amide bonds. The van der Waals surface area contributed by atoms with E-state index >= 15 is 0 Å². The third-order valence-corrected chi connectivity index (χ3v) is 3.02. The summed E-state index contributed by atoms with van der Waals surface area (Å²) in [7, 11) is 0. The minimum Gasteiger partial charge on any atom is -0.352 e. The lowest BCUT2D eigenvalue weighted by Crippen LogP contribution is -2.30. The van der Waals surface area contributed by atoms with Crippen molar-refractivity contribution < 1.29 is 4.79 Å². The number of rotatable bonds is 7. The van der Waals surface area contributed by atoms with Gasteiger partial charge in [-0.05, 0) is 12.2 Å². The van der Waals surface area contributed by atoms with Crippen LogP contribution in [0.4, 0.5) is 0 Å². The number of hydrogen-bond donors (Lipinski definition) is 1. The van der Waals surface area contributed by atoms with E-state index < -0.39 is 0 Å². The van der Waals surface area contributed by atoms with E-state index in [1.807, 2.05) is 18.7 Å². The molecule has 0 saturated heterocycles. The smallest absolute Gasteiger partial charge is 0.223 e. The third-order valence-electron chi connectivity index (χ3n) is 1.58. The highest BCUT2D eigenvalue weighted by Gasteiger charge is 2.10. The Morgan fingerprint density at radius 1 is 1.69 bits per heavy atom. The van der Waals surface area contributed by atoms with Gasteiger partial charge in [-0.1, -0.05) is 19.9 Å². The van der Waals surface area contributed by atoms with Crippen molar-refractivity contribution in [1.82, 2.24) is 5.32 Å². The van der Waals surface area contributed by atoms with Crippen molar-refractivity contribution in [3.8, 4) is 0 Å². The summed E-state index contributed by atoms with van der Waals surface area (Å²) in [6, 6.07) is 0. The molecular weight excluding hydrogens is 182 g/mol. The number of thioether (sulfide) groups is 1. The predicted octanol–water partition coefficient (Wildman–Crippen LogP) is 2.07. The third kappa shape index (κ3) is 6.70. The van der Waals surface area contributed by atoms with E-state index in [2.05, 4.69) is 18.8 Å². The van der Waals surface area contributed by atoms with Crippen molar-refractivity contribution in [2.75, 3.05) is 18.1 Å². The van der Waals surface area contributed by atoms with E-state index in [0.29, 0.717) is 6.54 Å². The normalized spacial score (nSPS) is 12.2. The molecule has 0 aliphatic rings. The quantitative estimate of drug-likeness (QED) is 0.504. The summed E-state index contributed by atoms with van der Waals surface area (Å²) in [4.78, 5) is 11.3. The lowest BCUT2D eigenvalue weighted by molar-refractivity contribution is -0.123. The monoisotopic (exact) mass is 201 g/mol. The maximum Gasteiger partial charge on any atom is 0.223 e. The molecule has 0 saturated carbocycles. The Morgan fingerprint density at radius 3 is 2.92 bits per heavy atom. The van der Waals surface area contributed by atoms with E-state index in [-0.39, 0.29) is 11.8 Å². The maximum atomic E-state index is 11.3. The summed E-state index contributed by atoms with van der Waals surface area (Å²) in [5, 5.41) is 2.79. The minimum atomic E-state index is 0.108. The van der Waals surface area contributed by atoms with E-state index in [1.54, 1.807) is 6.08 Å². The Labute approximate surface area is 85.2 Å². The zero-order valence-corrected chi connectivity index (χ0v) is 9.32. The molecule has 0 rings (SSSR count). The van der Waals surface area contributed by atoms with Crippen molar-refractivity contribution in [1.29, 1.82) is 0 Å². The first kappa shape index (κ1) is 12.6. The summed E-state index contributed by atoms with van der Waals surface area (Å²) >= 11 is 1.84. The van der Waals surface area contributed by atoms with Gasteiger partial charge in [0.15, 0.2) is 0 Å². The van der Waals surface area contributed by atoms with Gasteiger partial charge in [0.05, 0.1) is 0 Å². The molecule has 0 bridgehead atoms. The second-order valence-corrected chi connectivity index (χ2v) is 4.16. The average Bonchev–Trinajstić information content (AvgIpc) is 2.14. The molecule has 0 aromatic heterocycles. The fraction of sp³-hybridized carbons (Fsp3) is 0.700. The van der Waals surface area contributed by atoms with Crippen molar-refractivity contribution >= 4 is 17.7 Å². The Balaban J connectivity index is 3.50. The van der Waals surface area contributed by atoms with Gasteiger partial charge in [-0.3, -0.25) is 4.79 Å². The molecule has 0 aromatic rings. The van der Waals surface area contributed by atoms with Crippen LogP contribution in [0.5, 0.6) is 0 Å². The van der Waals surface area contributed by atoms with E-state index in [9.17, 15) is 4.79 Å². The molecule has 2 nitrogen and oxygen atoms in total. The van der Waals surface area contributed by atoms with Gasteiger partial charge in [0.1, 0.15) is 0 Å². The second kappa shape index (κ2) is 8.17. The summed E-state index contributed by atoms with van der Waals surface area (Å²) in [5.74, 6) is 2.29. The van der Waals surface area contributed by atoms with Crippen LogP contribution >= 0.6 is 11.8 Å². The van der Waals surface area contributed by atoms with E-state index in [0.717, 1.165) is 11.5 Å². The van der Waals surface area contributed by atoms with Crippen LogP contribution in [-0.2, 0) is 4.79 Å². The molecule has 0 fully saturated rings. The first-order chi connectivity index (χ1) is 6.22. The van der Waals surface area contributed by atoms with Crippen LogP contribution in [0.15, 0.2) is 12.7 Å². The number of hydrogen-bond acceptors (Lipinski definition) is 2. The lowest BCUT2D eigenvalue weighted by Gasteiger charge is -2.09. The summed E-state index contributed by atoms with van der Waals surface area (Å²) in [5.41, 5.74) is 0. The van der Waals surface area contributed by atoms with Crippen LogP contribution in [0.3, 0.4) is 0 Å². The summed E-state index contributed by atoms with van der Waals surface area (Å²) in [6.45, 7) is 8.23. The molecule has 13 heavy (non-hydrogen) atoms. The number of carbonyl (C=O) groups is 1. The van der Waals surface area contributed by atoms with Gasteiger partial charge < -0.3 is 5.32 Å². The van der Waals surface area contributed by atoms with Crippen molar-refractivity contribution in [3.63, 3.8) is 0 Å². The van der Waals surface area contributed by atoms with Crippen LogP contribution in [0.1, 0.15) is 20.3 Å². The largest absolute Gasteiger partial charge is 0.352 e. The van der Waals surface area contributed by atoms with Gasteiger partial charge in [-0.25, -0.2) is 0 Å². The second-order valence-electron chi connectivity index (χ2n) is 3.01. The van der Waals surface area contributed by atoms with Crippen LogP contribution in [0, 0.1) is 5.92 Å². The molecule has 1 atom stereocenters.